The van der Waals surface area contributed by atoms with Crippen LogP contribution in [0.2, 0.25) is 5.02 Å². The molecule has 0 amide bonds. The quantitative estimate of drug-likeness (QED) is 0.453. The number of carbonyl (C=O) groups is 1. The maximum atomic E-state index is 10.8. The second kappa shape index (κ2) is 6.53. The van der Waals surface area contributed by atoms with E-state index in [1.807, 2.05) is 0 Å². The fourth-order valence-corrected chi connectivity index (χ4v) is 1.73. The van der Waals surface area contributed by atoms with Gasteiger partial charge in [0.05, 0.1) is 16.6 Å². The summed E-state index contributed by atoms with van der Waals surface area (Å²) < 4.78 is 5.28. The first-order valence-corrected chi connectivity index (χ1v) is 6.21. The van der Waals surface area contributed by atoms with E-state index >= 15 is 0 Å². The number of nitro benzene ring substituents is 1. The molecule has 1 aromatic carbocycles. The molecule has 1 unspecified atom stereocenters. The van der Waals surface area contributed by atoms with Gasteiger partial charge in [0.2, 0.25) is 5.75 Å². The molecule has 1 atom stereocenters. The number of ether oxygens (including phenoxy) is 1. The fraction of sp³-hybridized carbons (Fsp3) is 0.417. The van der Waals surface area contributed by atoms with Crippen LogP contribution in [0.1, 0.15) is 19.8 Å². The molecule has 0 aliphatic heterocycles. The molecule has 1 rings (SSSR count). The molecular formula is C12H15ClN2O5. The SMILES string of the molecule is CC(N)(CCCOc1c(Cl)cccc1[N+](=O)[O-])C(=O)O. The zero-order valence-electron chi connectivity index (χ0n) is 10.8. The molecule has 1 aromatic rings. The van der Waals surface area contributed by atoms with E-state index < -0.39 is 16.4 Å². The van der Waals surface area contributed by atoms with E-state index in [9.17, 15) is 14.9 Å². The molecule has 0 heterocycles. The number of benzene rings is 1. The number of carboxylic acids is 1. The Labute approximate surface area is 120 Å². The van der Waals surface area contributed by atoms with Crippen molar-refractivity contribution < 1.29 is 19.6 Å². The first kappa shape index (κ1) is 16.2. The summed E-state index contributed by atoms with van der Waals surface area (Å²) in [6.45, 7) is 1.48. The van der Waals surface area contributed by atoms with Gasteiger partial charge < -0.3 is 15.6 Å². The fourth-order valence-electron chi connectivity index (χ4n) is 1.50. The van der Waals surface area contributed by atoms with E-state index in [1.54, 1.807) is 0 Å². The number of para-hydroxylation sites is 1. The Kier molecular flexibility index (Phi) is 5.29. The van der Waals surface area contributed by atoms with Crippen molar-refractivity contribution in [2.24, 2.45) is 5.73 Å². The summed E-state index contributed by atoms with van der Waals surface area (Å²) in [5, 5.41) is 19.8. The summed E-state index contributed by atoms with van der Waals surface area (Å²) >= 11 is 5.84. The van der Waals surface area contributed by atoms with Crippen molar-refractivity contribution in [3.63, 3.8) is 0 Å². The van der Waals surface area contributed by atoms with Crippen molar-refractivity contribution >= 4 is 23.3 Å². The number of hydrogen-bond donors (Lipinski definition) is 2. The maximum absolute atomic E-state index is 10.8. The predicted octanol–water partition coefficient (Wildman–Crippen LogP) is 2.21. The van der Waals surface area contributed by atoms with Crippen molar-refractivity contribution in [3.05, 3.63) is 33.3 Å². The molecule has 0 aromatic heterocycles. The van der Waals surface area contributed by atoms with Crippen molar-refractivity contribution in [3.8, 4) is 5.75 Å². The number of hydrogen-bond acceptors (Lipinski definition) is 5. The average molecular weight is 303 g/mol. The minimum atomic E-state index is -1.35. The maximum Gasteiger partial charge on any atom is 0.323 e. The topological polar surface area (TPSA) is 116 Å². The Morgan fingerprint density at radius 1 is 1.60 bits per heavy atom. The van der Waals surface area contributed by atoms with Gasteiger partial charge in [0.15, 0.2) is 0 Å². The second-order valence-electron chi connectivity index (χ2n) is 4.52. The van der Waals surface area contributed by atoms with Gasteiger partial charge >= 0.3 is 11.7 Å². The summed E-state index contributed by atoms with van der Waals surface area (Å²) in [7, 11) is 0. The normalized spacial score (nSPS) is 13.6. The molecule has 8 heteroatoms. The molecule has 3 N–H and O–H groups in total. The van der Waals surface area contributed by atoms with Gasteiger partial charge in [-0.1, -0.05) is 17.7 Å². The highest BCUT2D eigenvalue weighted by Gasteiger charge is 2.27. The summed E-state index contributed by atoms with van der Waals surface area (Å²) in [5.41, 5.74) is 3.98. The Bertz CT molecular complexity index is 519. The average Bonchev–Trinajstić information content (AvgIpc) is 2.35. The lowest BCUT2D eigenvalue weighted by molar-refractivity contribution is -0.385. The van der Waals surface area contributed by atoms with Crippen LogP contribution in [0.4, 0.5) is 5.69 Å². The van der Waals surface area contributed by atoms with Crippen LogP contribution < -0.4 is 10.5 Å². The van der Waals surface area contributed by atoms with Gasteiger partial charge in [0.25, 0.3) is 0 Å². The van der Waals surface area contributed by atoms with Crippen LogP contribution in [0.3, 0.4) is 0 Å². The molecule has 7 nitrogen and oxygen atoms in total. The molecule has 110 valence electrons. The van der Waals surface area contributed by atoms with Crippen LogP contribution in [0, 0.1) is 10.1 Å². The standard InChI is InChI=1S/C12H15ClN2O5/c1-12(14,11(16)17)6-3-7-20-10-8(13)4-2-5-9(10)15(18)19/h2,4-5H,3,6-7,14H2,1H3,(H,16,17). The lowest BCUT2D eigenvalue weighted by atomic mass is 9.98. The predicted molar refractivity (Wildman–Crippen MR) is 73.1 cm³/mol. The lowest BCUT2D eigenvalue weighted by Gasteiger charge is -2.18. The van der Waals surface area contributed by atoms with Crippen LogP contribution in [0.15, 0.2) is 18.2 Å². The van der Waals surface area contributed by atoms with Crippen molar-refractivity contribution in [1.82, 2.24) is 0 Å². The van der Waals surface area contributed by atoms with Gasteiger partial charge in [-0.05, 0) is 25.8 Å². The van der Waals surface area contributed by atoms with E-state index in [1.165, 1.54) is 25.1 Å². The number of nitrogens with two attached hydrogens (primary N) is 1. The van der Waals surface area contributed by atoms with E-state index in [2.05, 4.69) is 0 Å². The van der Waals surface area contributed by atoms with Gasteiger partial charge in [0.1, 0.15) is 5.54 Å². The number of carboxylic acid groups (broad SMARTS) is 1. The minimum absolute atomic E-state index is 0.0202. The third-order valence-corrected chi connectivity index (χ3v) is 3.02. The van der Waals surface area contributed by atoms with Crippen LogP contribution >= 0.6 is 11.6 Å². The van der Waals surface area contributed by atoms with Crippen molar-refractivity contribution in [2.75, 3.05) is 6.61 Å². The highest BCUT2D eigenvalue weighted by Crippen LogP contribution is 2.34. The molecule has 0 fully saturated rings. The zero-order valence-corrected chi connectivity index (χ0v) is 11.6. The summed E-state index contributed by atoms with van der Waals surface area (Å²) in [4.78, 5) is 21.0. The van der Waals surface area contributed by atoms with Gasteiger partial charge in [0, 0.05) is 6.07 Å². The second-order valence-corrected chi connectivity index (χ2v) is 4.93. The van der Waals surface area contributed by atoms with Crippen molar-refractivity contribution in [2.45, 2.75) is 25.3 Å². The monoisotopic (exact) mass is 302 g/mol. The van der Waals surface area contributed by atoms with Crippen LogP contribution in [0.5, 0.6) is 5.75 Å². The number of nitrogens with zero attached hydrogens (tertiary/aromatic N) is 1. The summed E-state index contributed by atoms with van der Waals surface area (Å²) in [5.74, 6) is -1.13. The van der Waals surface area contributed by atoms with Gasteiger partial charge in [-0.15, -0.1) is 0 Å². The van der Waals surface area contributed by atoms with E-state index in [0.717, 1.165) is 0 Å². The molecule has 0 saturated carbocycles. The summed E-state index contributed by atoms with van der Waals surface area (Å²) in [6.07, 6.45) is 0.516. The first-order valence-electron chi connectivity index (χ1n) is 5.83. The van der Waals surface area contributed by atoms with E-state index in [-0.39, 0.29) is 29.5 Å². The zero-order chi connectivity index (χ0) is 15.3. The molecule has 0 bridgehead atoms. The smallest absolute Gasteiger partial charge is 0.323 e. The minimum Gasteiger partial charge on any atom is -0.486 e. The first-order chi connectivity index (χ1) is 9.25. The van der Waals surface area contributed by atoms with Crippen LogP contribution in [-0.4, -0.2) is 28.1 Å². The molecule has 0 aliphatic rings. The Morgan fingerprint density at radius 2 is 2.25 bits per heavy atom. The summed E-state index contributed by atoms with van der Waals surface area (Å²) in [6, 6.07) is 4.22. The molecule has 0 aliphatic carbocycles. The van der Waals surface area contributed by atoms with Gasteiger partial charge in [-0.2, -0.15) is 0 Å². The highest BCUT2D eigenvalue weighted by molar-refractivity contribution is 6.32. The molecule has 0 radical (unpaired) electrons. The van der Waals surface area contributed by atoms with E-state index in [4.69, 9.17) is 27.2 Å². The number of rotatable bonds is 7. The van der Waals surface area contributed by atoms with Crippen LogP contribution in [0.25, 0.3) is 0 Å². The lowest BCUT2D eigenvalue weighted by Crippen LogP contribution is -2.44. The third kappa shape index (κ3) is 4.07. The van der Waals surface area contributed by atoms with Gasteiger partial charge in [-0.3, -0.25) is 14.9 Å². The highest BCUT2D eigenvalue weighted by atomic mass is 35.5. The Hall–Kier alpha value is -1.86. The molecular weight excluding hydrogens is 288 g/mol. The molecule has 20 heavy (non-hydrogen) atoms. The van der Waals surface area contributed by atoms with Gasteiger partial charge in [-0.25, -0.2) is 0 Å². The molecule has 0 spiro atoms. The van der Waals surface area contributed by atoms with Crippen LogP contribution in [-0.2, 0) is 4.79 Å². The number of nitro groups is 1. The third-order valence-electron chi connectivity index (χ3n) is 2.72. The Balaban J connectivity index is 2.63. The van der Waals surface area contributed by atoms with Crippen molar-refractivity contribution in [1.29, 1.82) is 0 Å². The Morgan fingerprint density at radius 3 is 2.80 bits per heavy atom. The number of aliphatic carboxylic acids is 1. The largest absolute Gasteiger partial charge is 0.486 e. The number of halogens is 1. The van der Waals surface area contributed by atoms with E-state index in [0.29, 0.717) is 6.42 Å². The molecule has 0 saturated heterocycles.